The number of benzene rings is 1. The van der Waals surface area contributed by atoms with Gasteiger partial charge < -0.3 is 19.5 Å². The number of hydrogen-bond donors (Lipinski definition) is 1. The van der Waals surface area contributed by atoms with Gasteiger partial charge >= 0.3 is 5.97 Å². The van der Waals surface area contributed by atoms with Crippen molar-refractivity contribution >= 4 is 23.3 Å². The summed E-state index contributed by atoms with van der Waals surface area (Å²) in [7, 11) is 1.55. The minimum atomic E-state index is -0.606. The zero-order chi connectivity index (χ0) is 19.2. The largest absolute Gasteiger partial charge is 0.497 e. The third-order valence-corrected chi connectivity index (χ3v) is 3.67. The first-order valence-corrected chi connectivity index (χ1v) is 8.33. The van der Waals surface area contributed by atoms with Gasteiger partial charge in [0.1, 0.15) is 17.1 Å². The van der Waals surface area contributed by atoms with Crippen LogP contribution in [0.4, 0.5) is 5.82 Å². The van der Waals surface area contributed by atoms with Crippen molar-refractivity contribution in [2.75, 3.05) is 25.6 Å². The molecule has 3 aromatic rings. The van der Waals surface area contributed by atoms with Gasteiger partial charge in [-0.15, -0.1) is 0 Å². The number of amides is 1. The lowest BCUT2D eigenvalue weighted by Gasteiger charge is -2.09. The monoisotopic (exact) mass is 369 g/mol. The highest BCUT2D eigenvalue weighted by Crippen LogP contribution is 2.21. The van der Waals surface area contributed by atoms with Gasteiger partial charge in [-0.25, -0.2) is 9.78 Å². The number of nitrogens with one attached hydrogen (secondary N) is 1. The van der Waals surface area contributed by atoms with E-state index in [9.17, 15) is 9.59 Å². The molecule has 1 amide bonds. The van der Waals surface area contributed by atoms with E-state index < -0.39 is 11.9 Å². The maximum absolute atomic E-state index is 12.4. The molecule has 0 aliphatic heterocycles. The van der Waals surface area contributed by atoms with Crippen LogP contribution < -0.4 is 14.8 Å². The number of imidazole rings is 1. The fraction of sp³-hybridized carbons (Fsp3) is 0.211. The lowest BCUT2D eigenvalue weighted by molar-refractivity contribution is -0.118. The molecule has 0 saturated carbocycles. The van der Waals surface area contributed by atoms with Crippen LogP contribution in [-0.4, -0.2) is 41.6 Å². The number of hydrogen-bond acceptors (Lipinski definition) is 6. The molecule has 0 unspecified atom stereocenters. The quantitative estimate of drug-likeness (QED) is 0.644. The lowest BCUT2D eigenvalue weighted by Crippen LogP contribution is -2.22. The van der Waals surface area contributed by atoms with Crippen LogP contribution >= 0.6 is 0 Å². The van der Waals surface area contributed by atoms with Gasteiger partial charge in [-0.1, -0.05) is 12.1 Å². The molecule has 0 bridgehead atoms. The van der Waals surface area contributed by atoms with Gasteiger partial charge in [-0.05, 0) is 31.2 Å². The van der Waals surface area contributed by atoms with Gasteiger partial charge in [0.05, 0.1) is 13.7 Å². The standard InChI is InChI=1S/C19H19N3O5/c1-3-26-19(24)17-18(22-10-5-4-9-15(22)20-17)21-16(23)12-27-14-8-6-7-13(11-14)25-2/h4-11H,3,12H2,1-2H3,(H,21,23). The molecule has 0 spiro atoms. The normalized spacial score (nSPS) is 10.4. The van der Waals surface area contributed by atoms with Crippen LogP contribution in [0, 0.1) is 0 Å². The van der Waals surface area contributed by atoms with Crippen molar-refractivity contribution in [3.63, 3.8) is 0 Å². The number of ether oxygens (including phenoxy) is 3. The summed E-state index contributed by atoms with van der Waals surface area (Å²) in [5.74, 6) is 0.315. The van der Waals surface area contributed by atoms with Crippen molar-refractivity contribution in [1.82, 2.24) is 9.38 Å². The maximum Gasteiger partial charge on any atom is 0.360 e. The van der Waals surface area contributed by atoms with Crippen LogP contribution in [0.1, 0.15) is 17.4 Å². The highest BCUT2D eigenvalue weighted by atomic mass is 16.5. The number of fused-ring (bicyclic) bond motifs is 1. The zero-order valence-electron chi connectivity index (χ0n) is 15.0. The minimum Gasteiger partial charge on any atom is -0.497 e. The van der Waals surface area contributed by atoms with Crippen LogP contribution in [0.25, 0.3) is 5.65 Å². The van der Waals surface area contributed by atoms with Crippen molar-refractivity contribution in [3.8, 4) is 11.5 Å². The summed E-state index contributed by atoms with van der Waals surface area (Å²) in [5.41, 5.74) is 0.558. The van der Waals surface area contributed by atoms with Gasteiger partial charge in [0.15, 0.2) is 18.1 Å². The number of anilines is 1. The topological polar surface area (TPSA) is 91.2 Å². The molecule has 8 nitrogen and oxygen atoms in total. The Morgan fingerprint density at radius 2 is 1.96 bits per heavy atom. The SMILES string of the molecule is CCOC(=O)c1nc2ccccn2c1NC(=O)COc1cccc(OC)c1. The van der Waals surface area contributed by atoms with E-state index in [-0.39, 0.29) is 24.7 Å². The first kappa shape index (κ1) is 18.2. The molecule has 2 aromatic heterocycles. The summed E-state index contributed by atoms with van der Waals surface area (Å²) in [5, 5.41) is 2.68. The summed E-state index contributed by atoms with van der Waals surface area (Å²) < 4.78 is 17.2. The fourth-order valence-corrected chi connectivity index (χ4v) is 2.47. The summed E-state index contributed by atoms with van der Waals surface area (Å²) in [6.07, 6.45) is 1.70. The summed E-state index contributed by atoms with van der Waals surface area (Å²) in [6, 6.07) is 12.2. The second kappa shape index (κ2) is 8.22. The summed E-state index contributed by atoms with van der Waals surface area (Å²) in [6.45, 7) is 1.67. The van der Waals surface area contributed by atoms with Crippen molar-refractivity contribution in [2.24, 2.45) is 0 Å². The molecule has 2 heterocycles. The van der Waals surface area contributed by atoms with Crippen LogP contribution in [0.3, 0.4) is 0 Å². The molecule has 0 saturated heterocycles. The Labute approximate surface area is 155 Å². The predicted octanol–water partition coefficient (Wildman–Crippen LogP) is 2.54. The Hall–Kier alpha value is -3.55. The first-order chi connectivity index (χ1) is 13.1. The number of rotatable bonds is 7. The van der Waals surface area contributed by atoms with Gasteiger partial charge in [-0.3, -0.25) is 9.20 Å². The second-order valence-corrected chi connectivity index (χ2v) is 5.47. The Kier molecular flexibility index (Phi) is 5.55. The third kappa shape index (κ3) is 4.17. The Bertz CT molecular complexity index is 967. The number of methoxy groups -OCH3 is 1. The van der Waals surface area contributed by atoms with Crippen LogP contribution in [-0.2, 0) is 9.53 Å². The van der Waals surface area contributed by atoms with Crippen LogP contribution in [0.2, 0.25) is 0 Å². The number of esters is 1. The Balaban J connectivity index is 1.77. The van der Waals surface area contributed by atoms with Crippen LogP contribution in [0.15, 0.2) is 48.7 Å². The minimum absolute atomic E-state index is 0.0396. The average molecular weight is 369 g/mol. The van der Waals surface area contributed by atoms with E-state index in [1.165, 1.54) is 0 Å². The molecule has 0 aliphatic rings. The van der Waals surface area contributed by atoms with Crippen molar-refractivity contribution in [2.45, 2.75) is 6.92 Å². The van der Waals surface area contributed by atoms with Gasteiger partial charge in [0.25, 0.3) is 5.91 Å². The molecule has 1 aromatic carbocycles. The lowest BCUT2D eigenvalue weighted by atomic mass is 10.3. The van der Waals surface area contributed by atoms with Crippen molar-refractivity contribution in [3.05, 3.63) is 54.4 Å². The number of carbonyl (C=O) groups is 2. The van der Waals surface area contributed by atoms with E-state index in [0.717, 1.165) is 0 Å². The fourth-order valence-electron chi connectivity index (χ4n) is 2.47. The zero-order valence-corrected chi connectivity index (χ0v) is 15.0. The molecule has 0 fully saturated rings. The molecule has 140 valence electrons. The molecule has 0 atom stereocenters. The Morgan fingerprint density at radius 3 is 2.74 bits per heavy atom. The summed E-state index contributed by atoms with van der Waals surface area (Å²) in [4.78, 5) is 28.8. The smallest absolute Gasteiger partial charge is 0.360 e. The number of carbonyl (C=O) groups excluding carboxylic acids is 2. The average Bonchev–Trinajstić information content (AvgIpc) is 3.05. The van der Waals surface area contributed by atoms with E-state index in [4.69, 9.17) is 14.2 Å². The first-order valence-electron chi connectivity index (χ1n) is 8.33. The second-order valence-electron chi connectivity index (χ2n) is 5.47. The van der Waals surface area contributed by atoms with Crippen LogP contribution in [0.5, 0.6) is 11.5 Å². The van der Waals surface area contributed by atoms with E-state index in [1.807, 2.05) is 0 Å². The number of aromatic nitrogens is 2. The predicted molar refractivity (Wildman–Crippen MR) is 98.3 cm³/mol. The van der Waals surface area contributed by atoms with E-state index >= 15 is 0 Å². The molecule has 8 heteroatoms. The highest BCUT2D eigenvalue weighted by Gasteiger charge is 2.21. The molecule has 0 radical (unpaired) electrons. The highest BCUT2D eigenvalue weighted by molar-refractivity contribution is 6.00. The molecular formula is C19H19N3O5. The van der Waals surface area contributed by atoms with E-state index in [2.05, 4.69) is 10.3 Å². The molecule has 27 heavy (non-hydrogen) atoms. The molecular weight excluding hydrogens is 350 g/mol. The Morgan fingerprint density at radius 1 is 1.15 bits per heavy atom. The van der Waals surface area contributed by atoms with Gasteiger partial charge in [0.2, 0.25) is 0 Å². The maximum atomic E-state index is 12.4. The number of nitrogens with zero attached hydrogens (tertiary/aromatic N) is 2. The van der Waals surface area contributed by atoms with E-state index in [1.54, 1.807) is 67.1 Å². The summed E-state index contributed by atoms with van der Waals surface area (Å²) >= 11 is 0. The molecule has 1 N–H and O–H groups in total. The van der Waals surface area contributed by atoms with Gasteiger partial charge in [0, 0.05) is 12.3 Å². The third-order valence-electron chi connectivity index (χ3n) is 3.67. The number of pyridine rings is 1. The van der Waals surface area contributed by atoms with E-state index in [0.29, 0.717) is 17.1 Å². The van der Waals surface area contributed by atoms with Crippen molar-refractivity contribution in [1.29, 1.82) is 0 Å². The molecule has 3 rings (SSSR count). The molecule has 0 aliphatic carbocycles. The van der Waals surface area contributed by atoms with Crippen molar-refractivity contribution < 1.29 is 23.8 Å². The van der Waals surface area contributed by atoms with Gasteiger partial charge in [-0.2, -0.15) is 0 Å².